The van der Waals surface area contributed by atoms with Gasteiger partial charge in [0.2, 0.25) is 5.78 Å². The number of ketones is 1. The summed E-state index contributed by atoms with van der Waals surface area (Å²) in [6.07, 6.45) is 0.535. The number of nitrogens with one attached hydrogen (secondary N) is 1. The molecular weight excluding hydrogens is 362 g/mol. The molecule has 0 aliphatic carbocycles. The number of benzene rings is 2. The van der Waals surface area contributed by atoms with E-state index in [-0.39, 0.29) is 17.0 Å². The second-order valence-electron chi connectivity index (χ2n) is 6.51. The van der Waals surface area contributed by atoms with Crippen molar-refractivity contribution in [3.05, 3.63) is 69.9 Å². The highest BCUT2D eigenvalue weighted by Gasteiger charge is 2.25. The van der Waals surface area contributed by atoms with E-state index in [2.05, 4.69) is 4.98 Å². The van der Waals surface area contributed by atoms with E-state index in [0.29, 0.717) is 11.3 Å². The molecule has 1 heterocycles. The van der Waals surface area contributed by atoms with Gasteiger partial charge in [0.25, 0.3) is 5.69 Å². The topological polar surface area (TPSA) is 106 Å². The van der Waals surface area contributed by atoms with Gasteiger partial charge in [-0.15, -0.1) is 0 Å². The van der Waals surface area contributed by atoms with E-state index in [1.807, 2.05) is 18.2 Å². The highest BCUT2D eigenvalue weighted by Crippen LogP contribution is 2.28. The van der Waals surface area contributed by atoms with E-state index in [1.54, 1.807) is 31.3 Å². The van der Waals surface area contributed by atoms with Gasteiger partial charge >= 0.3 is 5.97 Å². The van der Waals surface area contributed by atoms with Gasteiger partial charge in [-0.2, -0.15) is 0 Å². The van der Waals surface area contributed by atoms with Crippen LogP contribution in [0.3, 0.4) is 0 Å². The Bertz CT molecular complexity index is 1070. The number of rotatable bonds is 6. The number of para-hydroxylation sites is 1. The van der Waals surface area contributed by atoms with Gasteiger partial charge < -0.3 is 14.6 Å². The third-order valence-corrected chi connectivity index (χ3v) is 4.40. The first-order valence-electron chi connectivity index (χ1n) is 8.56. The minimum atomic E-state index is -1.04. The third kappa shape index (κ3) is 3.57. The van der Waals surface area contributed by atoms with Crippen molar-refractivity contribution in [1.82, 2.24) is 4.98 Å². The van der Waals surface area contributed by atoms with Crippen LogP contribution in [0, 0.1) is 10.1 Å². The number of nitro benzene ring substituents is 1. The molecule has 0 saturated carbocycles. The number of hydrogen-bond donors (Lipinski definition) is 1. The molecule has 0 radical (unpaired) electrons. The number of aromatic nitrogens is 1. The van der Waals surface area contributed by atoms with Crippen molar-refractivity contribution in [3.8, 4) is 0 Å². The summed E-state index contributed by atoms with van der Waals surface area (Å²) in [4.78, 5) is 40.4. The maximum absolute atomic E-state index is 12.7. The predicted molar refractivity (Wildman–Crippen MR) is 105 cm³/mol. The highest BCUT2D eigenvalue weighted by molar-refractivity contribution is 6.10. The molecule has 2 aromatic carbocycles. The van der Waals surface area contributed by atoms with Gasteiger partial charge in [0.05, 0.1) is 10.5 Å². The zero-order chi connectivity index (χ0) is 20.4. The smallest absolute Gasteiger partial charge is 0.339 e. The monoisotopic (exact) mass is 381 g/mol. The van der Waals surface area contributed by atoms with Gasteiger partial charge in [0.1, 0.15) is 5.69 Å². The molecule has 8 heteroatoms. The molecule has 3 rings (SSSR count). The average Bonchev–Trinajstić information content (AvgIpc) is 3.10. The predicted octanol–water partition coefficient (Wildman–Crippen LogP) is 3.57. The summed E-state index contributed by atoms with van der Waals surface area (Å²) in [7, 11) is 3.34. The molecule has 0 amide bonds. The normalized spacial score (nSPS) is 11.8. The van der Waals surface area contributed by atoms with E-state index >= 15 is 0 Å². The first kappa shape index (κ1) is 19.1. The lowest BCUT2D eigenvalue weighted by atomic mass is 10.1. The fourth-order valence-electron chi connectivity index (χ4n) is 2.95. The number of aromatic amines is 1. The minimum Gasteiger partial charge on any atom is -0.451 e. The Labute approximate surface area is 160 Å². The molecule has 28 heavy (non-hydrogen) atoms. The van der Waals surface area contributed by atoms with Gasteiger partial charge in [0.15, 0.2) is 6.10 Å². The van der Waals surface area contributed by atoms with E-state index in [4.69, 9.17) is 4.74 Å². The number of hydrogen-bond acceptors (Lipinski definition) is 6. The Morgan fingerprint density at radius 3 is 2.57 bits per heavy atom. The van der Waals surface area contributed by atoms with Gasteiger partial charge in [-0.3, -0.25) is 14.9 Å². The van der Waals surface area contributed by atoms with Crippen LogP contribution in [-0.4, -0.2) is 41.9 Å². The number of carbonyl (C=O) groups excluding carboxylic acids is 2. The number of ether oxygens (including phenoxy) is 1. The van der Waals surface area contributed by atoms with E-state index in [9.17, 15) is 19.7 Å². The maximum atomic E-state index is 12.7. The number of esters is 1. The van der Waals surface area contributed by atoms with Crippen molar-refractivity contribution in [2.45, 2.75) is 13.0 Å². The zero-order valence-electron chi connectivity index (χ0n) is 15.6. The van der Waals surface area contributed by atoms with E-state index in [1.165, 1.54) is 19.1 Å². The minimum absolute atomic E-state index is 0.0101. The van der Waals surface area contributed by atoms with Gasteiger partial charge in [-0.1, -0.05) is 18.2 Å². The number of anilines is 1. The molecule has 1 N–H and O–H groups in total. The SMILES string of the molecule is C[C@@H](OC(=O)c1ccc(N(C)C)c([N+](=O)[O-])c1)C(=O)c1c[nH]c2ccccc12. The Kier molecular flexibility index (Phi) is 5.12. The molecule has 8 nitrogen and oxygen atoms in total. The molecule has 1 aromatic heterocycles. The Morgan fingerprint density at radius 2 is 1.89 bits per heavy atom. The summed E-state index contributed by atoms with van der Waals surface area (Å²) in [5, 5.41) is 12.0. The number of Topliss-reactive ketones (excluding diaryl/α,β-unsaturated/α-hetero) is 1. The second kappa shape index (κ2) is 7.51. The van der Waals surface area contributed by atoms with Crippen LogP contribution in [0.15, 0.2) is 48.7 Å². The van der Waals surface area contributed by atoms with Crippen LogP contribution >= 0.6 is 0 Å². The summed E-state index contributed by atoms with van der Waals surface area (Å²) in [5.74, 6) is -1.15. The summed E-state index contributed by atoms with van der Waals surface area (Å²) in [6.45, 7) is 1.48. The zero-order valence-corrected chi connectivity index (χ0v) is 15.6. The van der Waals surface area contributed by atoms with Crippen LogP contribution in [0.4, 0.5) is 11.4 Å². The summed E-state index contributed by atoms with van der Waals surface area (Å²) in [6, 6.07) is 11.4. The lowest BCUT2D eigenvalue weighted by molar-refractivity contribution is -0.384. The largest absolute Gasteiger partial charge is 0.451 e. The molecule has 0 aliphatic heterocycles. The van der Waals surface area contributed by atoms with Crippen molar-refractivity contribution >= 4 is 34.0 Å². The first-order chi connectivity index (χ1) is 13.3. The lowest BCUT2D eigenvalue weighted by Crippen LogP contribution is -2.24. The van der Waals surface area contributed by atoms with Crippen LogP contribution in [0.5, 0.6) is 0 Å². The van der Waals surface area contributed by atoms with E-state index < -0.39 is 17.0 Å². The molecule has 1 atom stereocenters. The molecule has 0 fully saturated rings. The van der Waals surface area contributed by atoms with Crippen molar-refractivity contribution in [2.75, 3.05) is 19.0 Å². The fraction of sp³-hybridized carbons (Fsp3) is 0.200. The van der Waals surface area contributed by atoms with Crippen LogP contribution < -0.4 is 4.90 Å². The molecule has 0 aliphatic rings. The number of nitrogens with zero attached hydrogens (tertiary/aromatic N) is 2. The van der Waals surface area contributed by atoms with Gasteiger partial charge in [0, 0.05) is 42.8 Å². The summed E-state index contributed by atoms with van der Waals surface area (Å²) < 4.78 is 5.27. The molecule has 3 aromatic rings. The van der Waals surface area contributed by atoms with Crippen LogP contribution in [-0.2, 0) is 4.74 Å². The van der Waals surface area contributed by atoms with Crippen LogP contribution in [0.25, 0.3) is 10.9 Å². The van der Waals surface area contributed by atoms with E-state index in [0.717, 1.165) is 17.0 Å². The molecule has 0 spiro atoms. The number of nitro groups is 1. The van der Waals surface area contributed by atoms with Gasteiger partial charge in [-0.05, 0) is 25.1 Å². The van der Waals surface area contributed by atoms with Crippen molar-refractivity contribution in [3.63, 3.8) is 0 Å². The Hall–Kier alpha value is -3.68. The van der Waals surface area contributed by atoms with Gasteiger partial charge in [-0.25, -0.2) is 4.79 Å². The highest BCUT2D eigenvalue weighted by atomic mass is 16.6. The third-order valence-electron chi connectivity index (χ3n) is 4.40. The summed E-state index contributed by atoms with van der Waals surface area (Å²) >= 11 is 0. The van der Waals surface area contributed by atoms with Crippen LogP contribution in [0.2, 0.25) is 0 Å². The number of fused-ring (bicyclic) bond motifs is 1. The molecule has 0 unspecified atom stereocenters. The maximum Gasteiger partial charge on any atom is 0.339 e. The van der Waals surface area contributed by atoms with Crippen molar-refractivity contribution < 1.29 is 19.2 Å². The van der Waals surface area contributed by atoms with Crippen LogP contribution in [0.1, 0.15) is 27.6 Å². The quantitative estimate of drug-likeness (QED) is 0.303. The number of carbonyl (C=O) groups is 2. The Morgan fingerprint density at radius 1 is 1.18 bits per heavy atom. The average molecular weight is 381 g/mol. The lowest BCUT2D eigenvalue weighted by Gasteiger charge is -2.15. The summed E-state index contributed by atoms with van der Waals surface area (Å²) in [5.41, 5.74) is 1.39. The second-order valence-corrected chi connectivity index (χ2v) is 6.51. The fourth-order valence-corrected chi connectivity index (χ4v) is 2.95. The molecule has 144 valence electrons. The molecule has 0 bridgehead atoms. The molecular formula is C20H19N3O5. The first-order valence-corrected chi connectivity index (χ1v) is 8.56. The van der Waals surface area contributed by atoms with Crippen molar-refractivity contribution in [1.29, 1.82) is 0 Å². The van der Waals surface area contributed by atoms with Crippen molar-refractivity contribution in [2.24, 2.45) is 0 Å². The molecule has 0 saturated heterocycles. The standard InChI is InChI=1S/C20H19N3O5/c1-12(19(24)15-11-21-16-7-5-4-6-14(15)16)28-20(25)13-8-9-17(22(2)3)18(10-13)23(26)27/h4-12,21H,1-3H3/t12-/m1/s1. The Balaban J connectivity index is 1.81. The number of H-pyrrole nitrogens is 1.